The summed E-state index contributed by atoms with van der Waals surface area (Å²) in [4.78, 5) is 9.85. The highest BCUT2D eigenvalue weighted by atomic mass is 16.5. The van der Waals surface area contributed by atoms with Crippen molar-refractivity contribution < 1.29 is 19.0 Å². The van der Waals surface area contributed by atoms with E-state index in [1.807, 2.05) is 34.5 Å². The highest BCUT2D eigenvalue weighted by Crippen LogP contribution is 1.83. The molecule has 1 radical (unpaired) electrons. The van der Waals surface area contributed by atoms with Crippen LogP contribution in [0.5, 0.6) is 0 Å². The molecule has 4 nitrogen and oxygen atoms in total. The van der Waals surface area contributed by atoms with Crippen LogP contribution in [0.2, 0.25) is 13.1 Å². The first-order valence-corrected chi connectivity index (χ1v) is 6.86. The molecule has 0 fully saturated rings. The lowest BCUT2D eigenvalue weighted by molar-refractivity contribution is -0.112. The molecule has 0 bridgehead atoms. The van der Waals surface area contributed by atoms with Gasteiger partial charge in [-0.25, -0.2) is 0 Å². The Bertz CT molecular complexity index is 124. The molecule has 5 heteroatoms. The molecule has 0 unspecified atom stereocenters. The Balaban J connectivity index is -0.000000506. The van der Waals surface area contributed by atoms with Gasteiger partial charge in [-0.05, 0) is 0 Å². The van der Waals surface area contributed by atoms with E-state index in [0.717, 1.165) is 19.2 Å². The minimum atomic E-state index is 0.145. The molecule has 0 atom stereocenters. The van der Waals surface area contributed by atoms with Crippen LogP contribution in [0.1, 0.15) is 27.7 Å². The third-order valence-corrected chi connectivity index (χ3v) is 1.48. The second kappa shape index (κ2) is 30.0. The molecule has 0 aliphatic heterocycles. The summed E-state index contributed by atoms with van der Waals surface area (Å²) in [7, 11) is 2.06. The van der Waals surface area contributed by atoms with Gasteiger partial charge in [-0.15, -0.1) is 0 Å². The molecule has 0 aromatic carbocycles. The molecule has 18 heavy (non-hydrogen) atoms. The highest BCUT2D eigenvalue weighted by molar-refractivity contribution is 6.33. The summed E-state index contributed by atoms with van der Waals surface area (Å²) in [5.74, 6) is 0. The smallest absolute Gasteiger partial charge is 0.145 e. The fourth-order valence-electron chi connectivity index (χ4n) is 0.772. The summed E-state index contributed by atoms with van der Waals surface area (Å²) in [5, 5.41) is 0. The Morgan fingerprint density at radius 3 is 1.72 bits per heavy atom. The predicted molar refractivity (Wildman–Crippen MR) is 77.6 cm³/mol. The van der Waals surface area contributed by atoms with Crippen LogP contribution >= 0.6 is 0 Å². The topological polar surface area (TPSA) is 44.8 Å². The van der Waals surface area contributed by atoms with Gasteiger partial charge in [0, 0.05) is 6.61 Å². The van der Waals surface area contributed by atoms with Gasteiger partial charge in [-0.2, -0.15) is 0 Å². The van der Waals surface area contributed by atoms with Crippen molar-refractivity contribution in [1.82, 2.24) is 0 Å². The zero-order chi connectivity index (χ0) is 14.5. The standard InChI is InChI=1S/C9H18BO4.2C2H6/c1-10-2-4-12-6-8-14-9-7-13-5-3-11;2*1-2/h3H,2,4-9H2,1H3;2*1-2H3. The number of carbonyl (C=O) groups is 1. The Morgan fingerprint density at radius 2 is 1.28 bits per heavy atom. The van der Waals surface area contributed by atoms with E-state index in [0.29, 0.717) is 26.4 Å². The summed E-state index contributed by atoms with van der Waals surface area (Å²) in [6, 6.07) is 0. The van der Waals surface area contributed by atoms with Gasteiger partial charge in [0.05, 0.1) is 26.4 Å². The highest BCUT2D eigenvalue weighted by Gasteiger charge is 1.90. The van der Waals surface area contributed by atoms with Crippen LogP contribution in [0.4, 0.5) is 0 Å². The van der Waals surface area contributed by atoms with Crippen molar-refractivity contribution in [1.29, 1.82) is 0 Å². The van der Waals surface area contributed by atoms with Gasteiger partial charge in [0.25, 0.3) is 0 Å². The first-order valence-electron chi connectivity index (χ1n) is 6.86. The Morgan fingerprint density at radius 1 is 0.833 bits per heavy atom. The van der Waals surface area contributed by atoms with Crippen LogP contribution < -0.4 is 0 Å². The lowest BCUT2D eigenvalue weighted by Crippen LogP contribution is -2.10. The second-order valence-corrected chi connectivity index (χ2v) is 2.66. The first-order chi connectivity index (χ1) is 8.91. The zero-order valence-corrected chi connectivity index (χ0v) is 12.7. The van der Waals surface area contributed by atoms with Crippen LogP contribution in [-0.2, 0) is 19.0 Å². The number of ether oxygens (including phenoxy) is 3. The molecule has 0 heterocycles. The molecular formula is C13H30BO4. The van der Waals surface area contributed by atoms with Crippen LogP contribution in [0, 0.1) is 0 Å². The number of carbonyl (C=O) groups excluding carboxylic acids is 1. The number of hydrogen-bond acceptors (Lipinski definition) is 4. The maximum absolute atomic E-state index is 9.85. The van der Waals surface area contributed by atoms with Gasteiger partial charge in [0.15, 0.2) is 0 Å². The van der Waals surface area contributed by atoms with Crippen LogP contribution in [0.25, 0.3) is 0 Å². The van der Waals surface area contributed by atoms with Crippen LogP contribution in [-0.4, -0.2) is 53.2 Å². The van der Waals surface area contributed by atoms with Crippen molar-refractivity contribution in [3.8, 4) is 0 Å². The monoisotopic (exact) mass is 261 g/mol. The normalized spacial score (nSPS) is 8.50. The van der Waals surface area contributed by atoms with Gasteiger partial charge >= 0.3 is 0 Å². The van der Waals surface area contributed by atoms with Crippen molar-refractivity contribution in [2.24, 2.45) is 0 Å². The minimum Gasteiger partial charge on any atom is -0.380 e. The maximum Gasteiger partial charge on any atom is 0.145 e. The van der Waals surface area contributed by atoms with Gasteiger partial charge in [-0.1, -0.05) is 40.8 Å². The summed E-state index contributed by atoms with van der Waals surface area (Å²) in [6.07, 6.45) is 1.70. The molecule has 0 aliphatic rings. The summed E-state index contributed by atoms with van der Waals surface area (Å²) < 4.78 is 15.3. The Kier molecular flexibility index (Phi) is 38.0. The quantitative estimate of drug-likeness (QED) is 0.325. The Hall–Kier alpha value is -0.385. The van der Waals surface area contributed by atoms with E-state index >= 15 is 0 Å². The molecule has 0 saturated heterocycles. The fraction of sp³-hybridized carbons (Fsp3) is 0.923. The van der Waals surface area contributed by atoms with E-state index in [2.05, 4.69) is 7.28 Å². The Labute approximate surface area is 114 Å². The van der Waals surface area contributed by atoms with Crippen molar-refractivity contribution in [2.75, 3.05) is 39.6 Å². The minimum absolute atomic E-state index is 0.145. The lowest BCUT2D eigenvalue weighted by atomic mass is 9.79. The van der Waals surface area contributed by atoms with E-state index in [1.165, 1.54) is 0 Å². The zero-order valence-electron chi connectivity index (χ0n) is 12.7. The molecule has 0 aromatic rings. The number of rotatable bonds is 11. The van der Waals surface area contributed by atoms with Crippen molar-refractivity contribution >= 4 is 13.6 Å². The molecule has 0 amide bonds. The van der Waals surface area contributed by atoms with E-state index < -0.39 is 0 Å². The molecule has 0 saturated carbocycles. The molecular weight excluding hydrogens is 231 g/mol. The van der Waals surface area contributed by atoms with Crippen molar-refractivity contribution in [3.63, 3.8) is 0 Å². The largest absolute Gasteiger partial charge is 0.380 e. The van der Waals surface area contributed by atoms with E-state index in [4.69, 9.17) is 14.2 Å². The van der Waals surface area contributed by atoms with Gasteiger partial charge in [0.2, 0.25) is 0 Å². The number of hydrogen-bond donors (Lipinski definition) is 0. The summed E-state index contributed by atoms with van der Waals surface area (Å²) in [5.41, 5.74) is 0. The predicted octanol–water partition coefficient (Wildman–Crippen LogP) is 2.46. The third-order valence-electron chi connectivity index (χ3n) is 1.48. The third kappa shape index (κ3) is 29.6. The summed E-state index contributed by atoms with van der Waals surface area (Å²) >= 11 is 0. The molecule has 0 N–H and O–H groups in total. The SMILES string of the molecule is CC.CC.C[B]CCOCCOCCOCC=O. The molecule has 0 spiro atoms. The van der Waals surface area contributed by atoms with Crippen molar-refractivity contribution in [3.05, 3.63) is 0 Å². The average Bonchev–Trinajstić information content (AvgIpc) is 2.45. The second-order valence-electron chi connectivity index (χ2n) is 2.66. The molecule has 0 aromatic heterocycles. The van der Waals surface area contributed by atoms with Gasteiger partial charge in [-0.3, -0.25) is 0 Å². The van der Waals surface area contributed by atoms with Crippen molar-refractivity contribution in [2.45, 2.75) is 40.8 Å². The van der Waals surface area contributed by atoms with Gasteiger partial charge < -0.3 is 19.0 Å². The van der Waals surface area contributed by atoms with E-state index in [-0.39, 0.29) is 6.61 Å². The van der Waals surface area contributed by atoms with Crippen LogP contribution in [0.15, 0.2) is 0 Å². The number of aldehydes is 1. The first kappa shape index (κ1) is 22.8. The molecule has 0 aliphatic carbocycles. The maximum atomic E-state index is 9.85. The van der Waals surface area contributed by atoms with Gasteiger partial charge in [0.1, 0.15) is 20.2 Å². The van der Waals surface area contributed by atoms with E-state index in [9.17, 15) is 4.79 Å². The average molecular weight is 261 g/mol. The van der Waals surface area contributed by atoms with Crippen LogP contribution in [0.3, 0.4) is 0 Å². The fourth-order valence-corrected chi connectivity index (χ4v) is 0.772. The lowest BCUT2D eigenvalue weighted by Gasteiger charge is -2.04. The molecule has 0 rings (SSSR count). The van der Waals surface area contributed by atoms with E-state index in [1.54, 1.807) is 0 Å². The summed E-state index contributed by atoms with van der Waals surface area (Å²) in [6.45, 7) is 13.1. The molecule has 109 valence electrons.